The van der Waals surface area contributed by atoms with Gasteiger partial charge < -0.3 is 21.1 Å². The van der Waals surface area contributed by atoms with Crippen LogP contribution >= 0.6 is 15.9 Å². The van der Waals surface area contributed by atoms with E-state index in [0.29, 0.717) is 16.0 Å². The molecule has 37 heavy (non-hydrogen) atoms. The average Bonchev–Trinajstić information content (AvgIpc) is 3.58. The molecule has 12 heteroatoms. The number of H-pyrrole nitrogens is 1. The molecular weight excluding hydrogens is 555 g/mol. The number of nitrogens with one attached hydrogen (secondary N) is 3. The van der Waals surface area contributed by atoms with E-state index in [1.165, 1.54) is 12.1 Å². The number of rotatable bonds is 6. The van der Waals surface area contributed by atoms with Crippen molar-refractivity contribution in [3.8, 4) is 16.9 Å². The second-order valence-corrected chi connectivity index (χ2v) is 9.51. The van der Waals surface area contributed by atoms with Crippen LogP contribution < -0.4 is 21.1 Å². The van der Waals surface area contributed by atoms with Gasteiger partial charge in [0, 0.05) is 10.2 Å². The number of aromatic nitrogens is 2. The number of anilines is 3. The van der Waals surface area contributed by atoms with Crippen molar-refractivity contribution < 1.29 is 27.5 Å². The molecule has 0 atom stereocenters. The van der Waals surface area contributed by atoms with Crippen LogP contribution in [0.2, 0.25) is 0 Å². The van der Waals surface area contributed by atoms with E-state index in [9.17, 15) is 22.8 Å². The smallest absolute Gasteiger partial charge is 0.404 e. The zero-order chi connectivity index (χ0) is 26.4. The summed E-state index contributed by atoms with van der Waals surface area (Å²) < 4.78 is 42.7. The highest BCUT2D eigenvalue weighted by molar-refractivity contribution is 9.10. The van der Waals surface area contributed by atoms with E-state index < -0.39 is 29.3 Å². The van der Waals surface area contributed by atoms with Crippen molar-refractivity contribution in [1.29, 1.82) is 0 Å². The predicted octanol–water partition coefficient (Wildman–Crippen LogP) is 5.83. The van der Waals surface area contributed by atoms with Crippen LogP contribution in [0.1, 0.15) is 12.8 Å². The number of benzene rings is 3. The van der Waals surface area contributed by atoms with E-state index in [4.69, 9.17) is 5.73 Å². The summed E-state index contributed by atoms with van der Waals surface area (Å²) in [5.41, 5.74) is 7.37. The average molecular weight is 574 g/mol. The number of aromatic amines is 1. The predicted molar refractivity (Wildman–Crippen MR) is 136 cm³/mol. The minimum absolute atomic E-state index is 0.201. The molecule has 0 bridgehead atoms. The van der Waals surface area contributed by atoms with Gasteiger partial charge in [-0.15, -0.1) is 13.2 Å². The first-order chi connectivity index (χ1) is 17.6. The van der Waals surface area contributed by atoms with Gasteiger partial charge >= 0.3 is 6.36 Å². The third-order valence-electron chi connectivity index (χ3n) is 6.11. The Labute approximate surface area is 216 Å². The van der Waals surface area contributed by atoms with Crippen LogP contribution in [0.15, 0.2) is 65.1 Å². The summed E-state index contributed by atoms with van der Waals surface area (Å²) in [6.45, 7) is 0. The Bertz CT molecular complexity index is 1510. The summed E-state index contributed by atoms with van der Waals surface area (Å²) in [7, 11) is 0. The van der Waals surface area contributed by atoms with Gasteiger partial charge in [0.05, 0.1) is 16.6 Å². The number of nitrogens with two attached hydrogens (primary N) is 1. The molecule has 2 amide bonds. The molecule has 190 valence electrons. The Morgan fingerprint density at radius 2 is 1.73 bits per heavy atom. The number of ether oxygens (including phenoxy) is 1. The first kappa shape index (κ1) is 24.6. The number of halogens is 4. The largest absolute Gasteiger partial charge is 0.573 e. The van der Waals surface area contributed by atoms with Crippen molar-refractivity contribution in [3.63, 3.8) is 0 Å². The van der Waals surface area contributed by atoms with Gasteiger partial charge in [-0.3, -0.25) is 14.7 Å². The summed E-state index contributed by atoms with van der Waals surface area (Å²) in [6.07, 6.45) is -4.43. The maximum atomic E-state index is 13.0. The molecule has 5 N–H and O–H groups in total. The van der Waals surface area contributed by atoms with Crippen LogP contribution in [-0.4, -0.2) is 28.4 Å². The van der Waals surface area contributed by atoms with Crippen LogP contribution in [0.3, 0.4) is 0 Å². The van der Waals surface area contributed by atoms with Crippen LogP contribution in [0.5, 0.6) is 5.75 Å². The van der Waals surface area contributed by atoms with Crippen molar-refractivity contribution in [2.24, 2.45) is 5.41 Å². The van der Waals surface area contributed by atoms with Crippen molar-refractivity contribution in [3.05, 3.63) is 65.1 Å². The molecule has 0 spiro atoms. The molecule has 1 heterocycles. The first-order valence-corrected chi connectivity index (χ1v) is 11.9. The van der Waals surface area contributed by atoms with Crippen molar-refractivity contribution in [2.75, 3.05) is 16.4 Å². The normalized spacial score (nSPS) is 14.3. The van der Waals surface area contributed by atoms with Crippen molar-refractivity contribution in [1.82, 2.24) is 10.2 Å². The van der Waals surface area contributed by atoms with Crippen LogP contribution in [-0.2, 0) is 9.59 Å². The van der Waals surface area contributed by atoms with E-state index in [1.54, 1.807) is 24.3 Å². The fourth-order valence-corrected chi connectivity index (χ4v) is 4.42. The molecule has 1 aliphatic carbocycles. The first-order valence-electron chi connectivity index (χ1n) is 11.1. The van der Waals surface area contributed by atoms with Gasteiger partial charge in [-0.25, -0.2) is 0 Å². The molecule has 1 aromatic heterocycles. The molecule has 1 saturated carbocycles. The van der Waals surface area contributed by atoms with Crippen molar-refractivity contribution >= 4 is 55.8 Å². The van der Waals surface area contributed by atoms with Crippen LogP contribution in [0.25, 0.3) is 22.0 Å². The zero-order valence-electron chi connectivity index (χ0n) is 18.9. The number of carbonyl (C=O) groups is 2. The monoisotopic (exact) mass is 573 g/mol. The summed E-state index contributed by atoms with van der Waals surface area (Å²) in [5.74, 6) is -1.47. The molecule has 0 saturated heterocycles. The lowest BCUT2D eigenvalue weighted by Gasteiger charge is -2.18. The summed E-state index contributed by atoms with van der Waals surface area (Å²) in [6, 6.07) is 16.3. The van der Waals surface area contributed by atoms with E-state index in [0.717, 1.165) is 28.1 Å². The Hall–Kier alpha value is -4.06. The summed E-state index contributed by atoms with van der Waals surface area (Å²) in [4.78, 5) is 26.0. The lowest BCUT2D eigenvalue weighted by atomic mass is 10.0. The third-order valence-corrected chi connectivity index (χ3v) is 6.60. The third kappa shape index (κ3) is 4.96. The number of alkyl halides is 3. The molecule has 0 radical (unpaired) electrons. The molecular formula is C25H19BrF3N5O3. The molecule has 0 unspecified atom stereocenters. The van der Waals surface area contributed by atoms with Gasteiger partial charge in [0.1, 0.15) is 5.41 Å². The molecule has 4 aromatic rings. The minimum Gasteiger partial charge on any atom is -0.404 e. The van der Waals surface area contributed by atoms with Gasteiger partial charge in [0.15, 0.2) is 11.6 Å². The quantitative estimate of drug-likeness (QED) is 0.216. The highest BCUT2D eigenvalue weighted by Crippen LogP contribution is 2.48. The molecule has 1 fully saturated rings. The Kier molecular flexibility index (Phi) is 6.06. The van der Waals surface area contributed by atoms with E-state index in [2.05, 4.69) is 41.5 Å². The SMILES string of the molecule is Nc1n[nH]c2cccc(-c3ccc(NC(=O)C4(C(=O)Nc5cc(Br)ccc5OC(F)(F)F)CC4)cc3)c12. The number of hydrogen-bond donors (Lipinski definition) is 4. The molecule has 0 aliphatic heterocycles. The van der Waals surface area contributed by atoms with E-state index in [1.807, 2.05) is 18.2 Å². The molecule has 8 nitrogen and oxygen atoms in total. The van der Waals surface area contributed by atoms with Gasteiger partial charge in [0.2, 0.25) is 11.8 Å². The fourth-order valence-electron chi connectivity index (χ4n) is 4.06. The number of carbonyl (C=O) groups excluding carboxylic acids is 2. The minimum atomic E-state index is -4.94. The van der Waals surface area contributed by atoms with Gasteiger partial charge in [0.25, 0.3) is 0 Å². The lowest BCUT2D eigenvalue weighted by Crippen LogP contribution is -2.35. The number of amides is 2. The number of nitrogens with zero attached hydrogens (tertiary/aromatic N) is 1. The number of nitrogen functional groups attached to an aromatic ring is 1. The number of hydrogen-bond acceptors (Lipinski definition) is 5. The fraction of sp³-hybridized carbons (Fsp3) is 0.160. The second-order valence-electron chi connectivity index (χ2n) is 8.59. The van der Waals surface area contributed by atoms with Gasteiger partial charge in [-0.2, -0.15) is 5.10 Å². The number of fused-ring (bicyclic) bond motifs is 1. The van der Waals surface area contributed by atoms with Crippen molar-refractivity contribution in [2.45, 2.75) is 19.2 Å². The van der Waals surface area contributed by atoms with Crippen LogP contribution in [0.4, 0.5) is 30.4 Å². The van der Waals surface area contributed by atoms with Gasteiger partial charge in [-0.05, 0) is 60.4 Å². The summed E-state index contributed by atoms with van der Waals surface area (Å²) >= 11 is 3.16. The standard InChI is InChI=1S/C25H19BrF3N5O3/c26-14-6-9-19(37-25(27,28)29)18(12-14)32-23(36)24(10-11-24)22(35)31-15-7-4-13(5-8-15)16-2-1-3-17-20(16)21(30)34-33-17/h1-9,12H,10-11H2,(H,31,35)(H,32,36)(H3,30,33,34). The Morgan fingerprint density at radius 3 is 2.41 bits per heavy atom. The Balaban J connectivity index is 1.31. The summed E-state index contributed by atoms with van der Waals surface area (Å²) in [5, 5.41) is 12.8. The molecule has 1 aliphatic rings. The van der Waals surface area contributed by atoms with E-state index >= 15 is 0 Å². The van der Waals surface area contributed by atoms with Crippen LogP contribution in [0, 0.1) is 5.41 Å². The highest BCUT2D eigenvalue weighted by atomic mass is 79.9. The Morgan fingerprint density at radius 1 is 1.03 bits per heavy atom. The molecule has 5 rings (SSSR count). The maximum absolute atomic E-state index is 13.0. The maximum Gasteiger partial charge on any atom is 0.573 e. The molecule has 3 aromatic carbocycles. The zero-order valence-corrected chi connectivity index (χ0v) is 20.5. The van der Waals surface area contributed by atoms with E-state index in [-0.39, 0.29) is 18.5 Å². The lowest BCUT2D eigenvalue weighted by molar-refractivity contribution is -0.274. The highest BCUT2D eigenvalue weighted by Gasteiger charge is 2.56. The topological polar surface area (TPSA) is 122 Å². The second kappa shape index (κ2) is 9.11. The van der Waals surface area contributed by atoms with Gasteiger partial charge in [-0.1, -0.05) is 40.2 Å².